The summed E-state index contributed by atoms with van der Waals surface area (Å²) in [5, 5.41) is 4.33. The lowest BCUT2D eigenvalue weighted by atomic mass is 9.95. The first-order valence-corrected chi connectivity index (χ1v) is 7.28. The molecule has 0 heterocycles. The zero-order valence-corrected chi connectivity index (χ0v) is 11.7. The van der Waals surface area contributed by atoms with Crippen LogP contribution in [-0.2, 0) is 0 Å². The van der Waals surface area contributed by atoms with E-state index >= 15 is 0 Å². The van der Waals surface area contributed by atoms with Crippen molar-refractivity contribution >= 4 is 34.5 Å². The summed E-state index contributed by atoms with van der Waals surface area (Å²) in [4.78, 5) is 0.428. The third-order valence-electron chi connectivity index (χ3n) is 4.33. The van der Waals surface area contributed by atoms with E-state index in [1.165, 1.54) is 25.7 Å². The van der Waals surface area contributed by atoms with Crippen molar-refractivity contribution in [2.75, 3.05) is 5.32 Å². The van der Waals surface area contributed by atoms with Crippen molar-refractivity contribution in [1.82, 2.24) is 0 Å². The molecule has 2 aliphatic rings. The molecule has 2 fully saturated rings. The zero-order valence-electron chi connectivity index (χ0n) is 10.2. The van der Waals surface area contributed by atoms with Crippen molar-refractivity contribution < 1.29 is 0 Å². The molecular weight excluding hydrogens is 264 g/mol. The molecule has 3 rings (SSSR count). The molecule has 2 aliphatic carbocycles. The molecule has 0 spiro atoms. The molecule has 3 atom stereocenters. The number of hydrogen-bond acceptors (Lipinski definition) is 2. The van der Waals surface area contributed by atoms with Gasteiger partial charge in [-0.1, -0.05) is 30.2 Å². The van der Waals surface area contributed by atoms with Crippen molar-refractivity contribution in [3.8, 4) is 0 Å². The maximum Gasteiger partial charge on any atom is 0.106 e. The number of nitrogens with one attached hydrogen (secondary N) is 1. The molecule has 18 heavy (non-hydrogen) atoms. The van der Waals surface area contributed by atoms with Crippen LogP contribution in [0, 0.1) is 11.8 Å². The second-order valence-electron chi connectivity index (χ2n) is 5.48. The van der Waals surface area contributed by atoms with E-state index in [-0.39, 0.29) is 0 Å². The van der Waals surface area contributed by atoms with Crippen molar-refractivity contribution in [3.05, 3.63) is 28.8 Å². The van der Waals surface area contributed by atoms with Crippen LogP contribution in [0.3, 0.4) is 0 Å². The molecule has 1 aromatic rings. The molecule has 0 amide bonds. The Morgan fingerprint density at radius 1 is 1.33 bits per heavy atom. The lowest BCUT2D eigenvalue weighted by molar-refractivity contribution is 0.440. The van der Waals surface area contributed by atoms with Crippen molar-refractivity contribution in [3.63, 3.8) is 0 Å². The molecule has 0 aliphatic heterocycles. The van der Waals surface area contributed by atoms with Gasteiger partial charge in [0.2, 0.25) is 0 Å². The predicted octanol–water partition coefficient (Wildman–Crippen LogP) is 3.57. The van der Waals surface area contributed by atoms with Crippen LogP contribution in [0.1, 0.15) is 31.2 Å². The molecular formula is C14H17ClN2S. The van der Waals surface area contributed by atoms with E-state index < -0.39 is 0 Å². The number of benzene rings is 1. The van der Waals surface area contributed by atoms with Gasteiger partial charge in [0.1, 0.15) is 4.99 Å². The normalized spacial score (nSPS) is 29.5. The van der Waals surface area contributed by atoms with Crippen LogP contribution in [0.5, 0.6) is 0 Å². The second-order valence-corrected chi connectivity index (χ2v) is 6.36. The molecule has 0 saturated heterocycles. The van der Waals surface area contributed by atoms with E-state index in [0.717, 1.165) is 28.1 Å². The van der Waals surface area contributed by atoms with Gasteiger partial charge in [0.25, 0.3) is 0 Å². The molecule has 2 bridgehead atoms. The van der Waals surface area contributed by atoms with Crippen LogP contribution < -0.4 is 11.1 Å². The van der Waals surface area contributed by atoms with E-state index in [1.54, 1.807) is 0 Å². The van der Waals surface area contributed by atoms with Crippen molar-refractivity contribution in [2.45, 2.75) is 31.7 Å². The minimum absolute atomic E-state index is 0.428. The first-order chi connectivity index (χ1) is 8.63. The molecule has 0 aromatic heterocycles. The topological polar surface area (TPSA) is 38.0 Å². The SMILES string of the molecule is NC(=S)c1ccc(Cl)cc1NC1CC2CCC1C2. The third kappa shape index (κ3) is 2.21. The number of hydrogen-bond donors (Lipinski definition) is 2. The van der Waals surface area contributed by atoms with E-state index in [9.17, 15) is 0 Å². The Hall–Kier alpha value is -0.800. The lowest BCUT2D eigenvalue weighted by Crippen LogP contribution is -2.27. The standard InChI is InChI=1S/C14H17ClN2S/c15-10-3-4-11(14(16)18)13(7-10)17-12-6-8-1-2-9(12)5-8/h3-4,7-9,12,17H,1-2,5-6H2,(H2,16,18). The molecule has 0 radical (unpaired) electrons. The van der Waals surface area contributed by atoms with E-state index in [4.69, 9.17) is 29.6 Å². The first-order valence-electron chi connectivity index (χ1n) is 6.49. The number of rotatable bonds is 3. The fourth-order valence-corrected chi connectivity index (χ4v) is 3.82. The average Bonchev–Trinajstić information content (AvgIpc) is 2.90. The Bertz CT molecular complexity index is 489. The minimum atomic E-state index is 0.428. The monoisotopic (exact) mass is 280 g/mol. The highest BCUT2D eigenvalue weighted by molar-refractivity contribution is 7.80. The number of thiocarbonyl (C=S) groups is 1. The van der Waals surface area contributed by atoms with Gasteiger partial charge in [0.05, 0.1) is 0 Å². The summed E-state index contributed by atoms with van der Waals surface area (Å²) in [5.41, 5.74) is 7.66. The van der Waals surface area contributed by atoms with Crippen LogP contribution in [0.15, 0.2) is 18.2 Å². The number of halogens is 1. The van der Waals surface area contributed by atoms with Crippen molar-refractivity contribution in [2.24, 2.45) is 17.6 Å². The summed E-state index contributed by atoms with van der Waals surface area (Å²) < 4.78 is 0. The van der Waals surface area contributed by atoms with Crippen LogP contribution in [0.25, 0.3) is 0 Å². The fourth-order valence-electron chi connectivity index (χ4n) is 3.47. The summed E-state index contributed by atoms with van der Waals surface area (Å²) in [6.45, 7) is 0. The Morgan fingerprint density at radius 2 is 2.17 bits per heavy atom. The first kappa shape index (κ1) is 12.2. The molecule has 3 unspecified atom stereocenters. The fraction of sp³-hybridized carbons (Fsp3) is 0.500. The highest BCUT2D eigenvalue weighted by Gasteiger charge is 2.39. The van der Waals surface area contributed by atoms with Crippen LogP contribution in [0.2, 0.25) is 5.02 Å². The number of anilines is 1. The largest absolute Gasteiger partial charge is 0.389 e. The quantitative estimate of drug-likeness (QED) is 0.831. The van der Waals surface area contributed by atoms with Gasteiger partial charge in [-0.15, -0.1) is 0 Å². The Morgan fingerprint density at radius 3 is 2.78 bits per heavy atom. The van der Waals surface area contributed by atoms with Gasteiger partial charge in [-0.25, -0.2) is 0 Å². The summed E-state index contributed by atoms with van der Waals surface area (Å²) in [5.74, 6) is 1.73. The maximum absolute atomic E-state index is 6.06. The highest BCUT2D eigenvalue weighted by Crippen LogP contribution is 2.45. The summed E-state index contributed by atoms with van der Waals surface area (Å²) >= 11 is 11.2. The number of fused-ring (bicyclic) bond motifs is 2. The van der Waals surface area contributed by atoms with Gasteiger partial charge in [-0.05, 0) is 49.3 Å². The van der Waals surface area contributed by atoms with Crippen molar-refractivity contribution in [1.29, 1.82) is 0 Å². The van der Waals surface area contributed by atoms with E-state index in [1.807, 2.05) is 18.2 Å². The molecule has 2 nitrogen and oxygen atoms in total. The molecule has 96 valence electrons. The number of nitrogens with two attached hydrogens (primary N) is 1. The van der Waals surface area contributed by atoms with Gasteiger partial charge >= 0.3 is 0 Å². The smallest absolute Gasteiger partial charge is 0.106 e. The Balaban J connectivity index is 1.83. The summed E-state index contributed by atoms with van der Waals surface area (Å²) in [6.07, 6.45) is 5.40. The van der Waals surface area contributed by atoms with Gasteiger partial charge < -0.3 is 11.1 Å². The Labute approximate surface area is 118 Å². The molecule has 2 saturated carbocycles. The lowest BCUT2D eigenvalue weighted by Gasteiger charge is -2.25. The van der Waals surface area contributed by atoms with Crippen LogP contribution in [-0.4, -0.2) is 11.0 Å². The third-order valence-corrected chi connectivity index (χ3v) is 4.78. The van der Waals surface area contributed by atoms with E-state index in [0.29, 0.717) is 11.0 Å². The Kier molecular flexibility index (Phi) is 3.20. The van der Waals surface area contributed by atoms with Crippen LogP contribution >= 0.6 is 23.8 Å². The molecule has 1 aromatic carbocycles. The van der Waals surface area contributed by atoms with Gasteiger partial charge in [0, 0.05) is 22.3 Å². The molecule has 4 heteroatoms. The summed E-state index contributed by atoms with van der Waals surface area (Å²) in [6, 6.07) is 6.24. The van der Waals surface area contributed by atoms with Crippen LogP contribution in [0.4, 0.5) is 5.69 Å². The maximum atomic E-state index is 6.06. The van der Waals surface area contributed by atoms with E-state index in [2.05, 4.69) is 5.32 Å². The average molecular weight is 281 g/mol. The minimum Gasteiger partial charge on any atom is -0.389 e. The van der Waals surface area contributed by atoms with Gasteiger partial charge in [-0.3, -0.25) is 0 Å². The predicted molar refractivity (Wildman–Crippen MR) is 80.2 cm³/mol. The van der Waals surface area contributed by atoms with Gasteiger partial charge in [0.15, 0.2) is 0 Å². The second kappa shape index (κ2) is 4.71. The zero-order chi connectivity index (χ0) is 12.7. The molecule has 3 N–H and O–H groups in total. The van der Waals surface area contributed by atoms with Gasteiger partial charge in [-0.2, -0.15) is 0 Å². The highest BCUT2D eigenvalue weighted by atomic mass is 35.5. The summed E-state index contributed by atoms with van der Waals surface area (Å²) in [7, 11) is 0.